The summed E-state index contributed by atoms with van der Waals surface area (Å²) >= 11 is 0. The molecule has 2 atom stereocenters. The summed E-state index contributed by atoms with van der Waals surface area (Å²) in [5.74, 6) is -0.802. The zero-order valence-electron chi connectivity index (χ0n) is 18.2. The number of benzene rings is 3. The number of rotatable bonds is 8. The first-order chi connectivity index (χ1) is 15.4. The van der Waals surface area contributed by atoms with Gasteiger partial charge in [0, 0.05) is 6.92 Å². The Hall–Kier alpha value is -3.93. The van der Waals surface area contributed by atoms with E-state index in [0.717, 1.165) is 11.1 Å². The van der Waals surface area contributed by atoms with Gasteiger partial charge in [-0.3, -0.25) is 14.4 Å². The molecule has 0 saturated heterocycles. The molecule has 0 aromatic heterocycles. The molecule has 3 amide bonds. The lowest BCUT2D eigenvalue weighted by atomic mass is 10.0. The van der Waals surface area contributed by atoms with Gasteiger partial charge < -0.3 is 16.0 Å². The van der Waals surface area contributed by atoms with E-state index in [-0.39, 0.29) is 30.2 Å². The van der Waals surface area contributed by atoms with E-state index in [2.05, 4.69) is 16.0 Å². The van der Waals surface area contributed by atoms with Crippen LogP contribution in [0.3, 0.4) is 0 Å². The van der Waals surface area contributed by atoms with Crippen molar-refractivity contribution in [1.29, 1.82) is 0 Å². The largest absolute Gasteiger partial charge is 0.349 e. The highest BCUT2D eigenvalue weighted by Gasteiger charge is 2.20. The third kappa shape index (κ3) is 6.28. The van der Waals surface area contributed by atoms with Crippen molar-refractivity contribution in [2.45, 2.75) is 32.4 Å². The second-order valence-corrected chi connectivity index (χ2v) is 7.57. The molecule has 0 fully saturated rings. The van der Waals surface area contributed by atoms with Gasteiger partial charge in [-0.2, -0.15) is 0 Å². The lowest BCUT2D eigenvalue weighted by Crippen LogP contribution is -2.31. The number of carbonyl (C=O) groups excluding carboxylic acids is 3. The minimum atomic E-state index is -0.465. The Labute approximate surface area is 188 Å². The second-order valence-electron chi connectivity index (χ2n) is 7.57. The molecule has 6 nitrogen and oxygen atoms in total. The first-order valence-corrected chi connectivity index (χ1v) is 10.5. The molecule has 0 saturated carbocycles. The van der Waals surface area contributed by atoms with Gasteiger partial charge in [0.1, 0.15) is 0 Å². The Kier molecular flexibility index (Phi) is 7.75. The molecule has 2 unspecified atom stereocenters. The Morgan fingerprint density at radius 2 is 1.31 bits per heavy atom. The number of nitrogens with one attached hydrogen (secondary N) is 3. The van der Waals surface area contributed by atoms with Crippen LogP contribution in [0.4, 0.5) is 5.69 Å². The maximum Gasteiger partial charge on any atom is 0.253 e. The average molecular weight is 430 g/mol. The zero-order valence-corrected chi connectivity index (χ0v) is 18.2. The summed E-state index contributed by atoms with van der Waals surface area (Å²) in [5.41, 5.74) is 2.62. The predicted molar refractivity (Wildman–Crippen MR) is 125 cm³/mol. The van der Waals surface area contributed by atoms with Crippen molar-refractivity contribution >= 4 is 23.4 Å². The molecule has 3 aromatic rings. The van der Waals surface area contributed by atoms with Crippen molar-refractivity contribution in [2.75, 3.05) is 5.32 Å². The van der Waals surface area contributed by atoms with Gasteiger partial charge in [0.2, 0.25) is 11.8 Å². The quantitative estimate of drug-likeness (QED) is 0.496. The molecule has 32 heavy (non-hydrogen) atoms. The fraction of sp³-hybridized carbons (Fsp3) is 0.192. The minimum absolute atomic E-state index is 0.0416. The van der Waals surface area contributed by atoms with Gasteiger partial charge in [-0.1, -0.05) is 72.8 Å². The standard InChI is InChI=1S/C26H27N3O3/c1-18(20-11-5-3-6-12-20)27-26(32)22-15-9-10-16-23(22)29-25(31)17-24(28-19(2)30)21-13-7-4-8-14-21/h3-16,18,24H,17H2,1-2H3,(H,27,32)(H,28,30)(H,29,31). The summed E-state index contributed by atoms with van der Waals surface area (Å²) in [6.45, 7) is 3.33. The maximum absolute atomic E-state index is 12.9. The van der Waals surface area contributed by atoms with Crippen LogP contribution in [0.5, 0.6) is 0 Å². The van der Waals surface area contributed by atoms with Crippen molar-refractivity contribution in [1.82, 2.24) is 10.6 Å². The second kappa shape index (κ2) is 10.9. The van der Waals surface area contributed by atoms with Crippen LogP contribution >= 0.6 is 0 Å². The third-order valence-corrected chi connectivity index (χ3v) is 5.06. The molecular weight excluding hydrogens is 402 g/mol. The maximum atomic E-state index is 12.9. The molecule has 3 rings (SSSR count). The smallest absolute Gasteiger partial charge is 0.253 e. The molecule has 0 aliphatic carbocycles. The summed E-state index contributed by atoms with van der Waals surface area (Å²) in [7, 11) is 0. The van der Waals surface area contributed by atoms with E-state index in [0.29, 0.717) is 11.3 Å². The van der Waals surface area contributed by atoms with Crippen molar-refractivity contribution < 1.29 is 14.4 Å². The molecular formula is C26H27N3O3. The van der Waals surface area contributed by atoms with Gasteiger partial charge in [0.15, 0.2) is 0 Å². The molecule has 3 aromatic carbocycles. The SMILES string of the molecule is CC(=O)NC(CC(=O)Nc1ccccc1C(=O)NC(C)c1ccccc1)c1ccccc1. The molecule has 164 valence electrons. The van der Waals surface area contributed by atoms with Gasteiger partial charge >= 0.3 is 0 Å². The molecule has 0 aliphatic heterocycles. The Bertz CT molecular complexity index is 1070. The van der Waals surface area contributed by atoms with Crippen LogP contribution in [0.25, 0.3) is 0 Å². The molecule has 0 aliphatic rings. The first-order valence-electron chi connectivity index (χ1n) is 10.5. The van der Waals surface area contributed by atoms with Crippen molar-refractivity contribution in [3.8, 4) is 0 Å². The van der Waals surface area contributed by atoms with Crippen LogP contribution in [0, 0.1) is 0 Å². The normalized spacial score (nSPS) is 12.3. The van der Waals surface area contributed by atoms with Crippen LogP contribution in [-0.2, 0) is 9.59 Å². The van der Waals surface area contributed by atoms with Crippen LogP contribution in [-0.4, -0.2) is 17.7 Å². The molecule has 6 heteroatoms. The number of hydrogen-bond donors (Lipinski definition) is 3. The third-order valence-electron chi connectivity index (χ3n) is 5.06. The highest BCUT2D eigenvalue weighted by atomic mass is 16.2. The molecule has 0 radical (unpaired) electrons. The van der Waals surface area contributed by atoms with E-state index < -0.39 is 6.04 Å². The highest BCUT2D eigenvalue weighted by Crippen LogP contribution is 2.21. The van der Waals surface area contributed by atoms with Crippen molar-refractivity contribution in [3.63, 3.8) is 0 Å². The number of carbonyl (C=O) groups is 3. The molecule has 3 N–H and O–H groups in total. The van der Waals surface area contributed by atoms with E-state index in [1.165, 1.54) is 6.92 Å². The Balaban J connectivity index is 1.71. The number of amides is 3. The topological polar surface area (TPSA) is 87.3 Å². The van der Waals surface area contributed by atoms with Gasteiger partial charge in [-0.05, 0) is 30.2 Å². The lowest BCUT2D eigenvalue weighted by molar-refractivity contribution is -0.120. The number of anilines is 1. The van der Waals surface area contributed by atoms with E-state index in [9.17, 15) is 14.4 Å². The van der Waals surface area contributed by atoms with Crippen LogP contribution < -0.4 is 16.0 Å². The van der Waals surface area contributed by atoms with Crippen molar-refractivity contribution in [3.05, 3.63) is 102 Å². The van der Waals surface area contributed by atoms with Gasteiger partial charge in [0.25, 0.3) is 5.91 Å². The van der Waals surface area contributed by atoms with E-state index in [4.69, 9.17) is 0 Å². The highest BCUT2D eigenvalue weighted by molar-refractivity contribution is 6.04. The predicted octanol–water partition coefficient (Wildman–Crippen LogP) is 4.38. The van der Waals surface area contributed by atoms with Gasteiger partial charge in [-0.25, -0.2) is 0 Å². The van der Waals surface area contributed by atoms with E-state index >= 15 is 0 Å². The summed E-state index contributed by atoms with van der Waals surface area (Å²) in [6, 6.07) is 25.2. The minimum Gasteiger partial charge on any atom is -0.349 e. The summed E-state index contributed by atoms with van der Waals surface area (Å²) in [4.78, 5) is 37.3. The Morgan fingerprint density at radius 3 is 1.94 bits per heavy atom. The zero-order chi connectivity index (χ0) is 22.9. The number of hydrogen-bond acceptors (Lipinski definition) is 3. The van der Waals surface area contributed by atoms with Crippen LogP contribution in [0.1, 0.15) is 53.8 Å². The number of para-hydroxylation sites is 1. The van der Waals surface area contributed by atoms with E-state index in [1.54, 1.807) is 24.3 Å². The molecule has 0 heterocycles. The molecule has 0 spiro atoms. The van der Waals surface area contributed by atoms with Crippen LogP contribution in [0.15, 0.2) is 84.9 Å². The monoisotopic (exact) mass is 429 g/mol. The fourth-order valence-corrected chi connectivity index (χ4v) is 3.46. The fourth-order valence-electron chi connectivity index (χ4n) is 3.46. The van der Waals surface area contributed by atoms with Gasteiger partial charge in [0.05, 0.1) is 29.8 Å². The van der Waals surface area contributed by atoms with Crippen molar-refractivity contribution in [2.24, 2.45) is 0 Å². The van der Waals surface area contributed by atoms with Crippen LogP contribution in [0.2, 0.25) is 0 Å². The first kappa shape index (κ1) is 22.7. The van der Waals surface area contributed by atoms with Gasteiger partial charge in [-0.15, -0.1) is 0 Å². The lowest BCUT2D eigenvalue weighted by Gasteiger charge is -2.19. The summed E-state index contributed by atoms with van der Waals surface area (Å²) in [6.07, 6.45) is 0.0416. The summed E-state index contributed by atoms with van der Waals surface area (Å²) in [5, 5.41) is 8.61. The molecule has 0 bridgehead atoms. The summed E-state index contributed by atoms with van der Waals surface area (Å²) < 4.78 is 0. The average Bonchev–Trinajstić information content (AvgIpc) is 2.79. The van der Waals surface area contributed by atoms with E-state index in [1.807, 2.05) is 67.6 Å². The Morgan fingerprint density at radius 1 is 0.750 bits per heavy atom.